The molecule has 0 heterocycles. The Morgan fingerprint density at radius 3 is 2.52 bits per heavy atom. The highest BCUT2D eigenvalue weighted by molar-refractivity contribution is 7.99. The third kappa shape index (κ3) is 5.26. The summed E-state index contributed by atoms with van der Waals surface area (Å²) < 4.78 is 39.5. The van der Waals surface area contributed by atoms with Crippen molar-refractivity contribution >= 4 is 23.4 Å². The van der Waals surface area contributed by atoms with Gasteiger partial charge in [0, 0.05) is 22.5 Å². The summed E-state index contributed by atoms with van der Waals surface area (Å²) in [5, 5.41) is 2.72. The van der Waals surface area contributed by atoms with Crippen molar-refractivity contribution < 1.29 is 18.0 Å². The van der Waals surface area contributed by atoms with Crippen molar-refractivity contribution in [2.24, 2.45) is 0 Å². The summed E-state index contributed by atoms with van der Waals surface area (Å²) in [5.41, 5.74) is 0.910. The van der Waals surface area contributed by atoms with Crippen molar-refractivity contribution in [3.63, 3.8) is 0 Å². The van der Waals surface area contributed by atoms with Gasteiger partial charge in [-0.1, -0.05) is 42.1 Å². The number of carbonyl (C=O) groups is 1. The van der Waals surface area contributed by atoms with E-state index in [0.717, 1.165) is 12.8 Å². The third-order valence-electron chi connectivity index (χ3n) is 4.57. The summed E-state index contributed by atoms with van der Waals surface area (Å²) in [6, 6.07) is 13.0. The molecule has 0 saturated heterocycles. The van der Waals surface area contributed by atoms with Crippen molar-refractivity contribution in [2.75, 3.05) is 11.9 Å². The maximum atomic E-state index is 14.1. The lowest BCUT2D eigenvalue weighted by Crippen LogP contribution is -2.37. The second kappa shape index (κ2) is 8.80. The highest BCUT2D eigenvalue weighted by Crippen LogP contribution is 2.35. The van der Waals surface area contributed by atoms with Crippen LogP contribution in [0.5, 0.6) is 0 Å². The maximum Gasteiger partial charge on any atom is 0.288 e. The lowest BCUT2D eigenvalue weighted by Gasteiger charge is -2.29. The van der Waals surface area contributed by atoms with Gasteiger partial charge in [-0.2, -0.15) is 8.78 Å². The molecule has 144 valence electrons. The van der Waals surface area contributed by atoms with Crippen molar-refractivity contribution in [2.45, 2.75) is 42.5 Å². The number of para-hydroxylation sites is 1. The number of amides is 1. The molecule has 1 N–H and O–H groups in total. The number of nitrogens with zero attached hydrogens (tertiary/aromatic N) is 1. The molecule has 3 nitrogen and oxygen atoms in total. The van der Waals surface area contributed by atoms with E-state index >= 15 is 0 Å². The lowest BCUT2D eigenvalue weighted by molar-refractivity contribution is -0.118. The fourth-order valence-corrected chi connectivity index (χ4v) is 3.70. The minimum atomic E-state index is -2.56. The number of rotatable bonds is 8. The number of thioether (sulfide) groups is 1. The van der Waals surface area contributed by atoms with Gasteiger partial charge < -0.3 is 5.32 Å². The van der Waals surface area contributed by atoms with E-state index in [4.69, 9.17) is 0 Å². The molecule has 1 atom stereocenters. The van der Waals surface area contributed by atoms with E-state index in [2.05, 4.69) is 5.32 Å². The molecule has 1 aliphatic carbocycles. The second-order valence-electron chi connectivity index (χ2n) is 6.52. The SMILES string of the molecule is CC(c1ccccc1F)N(CC(=O)Nc1ccccc1SC(F)F)C1CC1. The Kier molecular flexibility index (Phi) is 6.44. The first kappa shape index (κ1) is 19.8. The second-order valence-corrected chi connectivity index (χ2v) is 7.56. The van der Waals surface area contributed by atoms with E-state index < -0.39 is 5.76 Å². The first-order chi connectivity index (χ1) is 13.0. The smallest absolute Gasteiger partial charge is 0.288 e. The number of hydrogen-bond donors (Lipinski definition) is 1. The molecule has 0 bridgehead atoms. The van der Waals surface area contributed by atoms with Crippen molar-refractivity contribution in [3.05, 3.63) is 59.9 Å². The van der Waals surface area contributed by atoms with Crippen LogP contribution in [0.1, 0.15) is 31.4 Å². The molecule has 0 aromatic heterocycles. The van der Waals surface area contributed by atoms with E-state index in [-0.39, 0.29) is 30.4 Å². The Balaban J connectivity index is 1.71. The summed E-state index contributed by atoms with van der Waals surface area (Å²) in [5.74, 6) is -3.16. The lowest BCUT2D eigenvalue weighted by atomic mass is 10.1. The van der Waals surface area contributed by atoms with Gasteiger partial charge in [0.05, 0.1) is 12.2 Å². The zero-order valence-electron chi connectivity index (χ0n) is 14.9. The molecular formula is C20H21F3N2OS. The monoisotopic (exact) mass is 394 g/mol. The number of nitrogens with one attached hydrogen (secondary N) is 1. The molecule has 1 unspecified atom stereocenters. The summed E-state index contributed by atoms with van der Waals surface area (Å²) in [6.07, 6.45) is 1.92. The quantitative estimate of drug-likeness (QED) is 0.616. The Morgan fingerprint density at radius 1 is 1.19 bits per heavy atom. The van der Waals surface area contributed by atoms with E-state index in [1.165, 1.54) is 6.07 Å². The third-order valence-corrected chi connectivity index (χ3v) is 5.36. The molecule has 0 spiro atoms. The van der Waals surface area contributed by atoms with Crippen LogP contribution >= 0.6 is 11.8 Å². The number of carbonyl (C=O) groups excluding carboxylic acids is 1. The summed E-state index contributed by atoms with van der Waals surface area (Å²) in [4.78, 5) is 14.9. The molecule has 1 saturated carbocycles. The molecule has 1 amide bonds. The highest BCUT2D eigenvalue weighted by atomic mass is 32.2. The molecule has 3 rings (SSSR count). The molecule has 2 aromatic carbocycles. The van der Waals surface area contributed by atoms with Crippen LogP contribution in [-0.2, 0) is 4.79 Å². The van der Waals surface area contributed by atoms with Crippen LogP contribution in [0.3, 0.4) is 0 Å². The van der Waals surface area contributed by atoms with E-state index in [1.54, 1.807) is 42.5 Å². The summed E-state index contributed by atoms with van der Waals surface area (Å²) in [6.45, 7) is 1.96. The van der Waals surface area contributed by atoms with Crippen LogP contribution in [0.2, 0.25) is 0 Å². The Bertz CT molecular complexity index is 798. The topological polar surface area (TPSA) is 32.3 Å². The molecule has 7 heteroatoms. The average Bonchev–Trinajstić information content (AvgIpc) is 3.46. The molecule has 1 fully saturated rings. The van der Waals surface area contributed by atoms with Gasteiger partial charge in [0.2, 0.25) is 5.91 Å². The van der Waals surface area contributed by atoms with Crippen molar-refractivity contribution in [1.82, 2.24) is 4.90 Å². The molecule has 2 aromatic rings. The number of hydrogen-bond acceptors (Lipinski definition) is 3. The molecule has 0 aliphatic heterocycles. The predicted octanol–water partition coefficient (Wildman–Crippen LogP) is 5.30. The van der Waals surface area contributed by atoms with Crippen LogP contribution in [0.4, 0.5) is 18.9 Å². The van der Waals surface area contributed by atoms with E-state index in [9.17, 15) is 18.0 Å². The van der Waals surface area contributed by atoms with Gasteiger partial charge in [-0.05, 0) is 38.0 Å². The van der Waals surface area contributed by atoms with Crippen LogP contribution in [0, 0.1) is 5.82 Å². The fourth-order valence-electron chi connectivity index (χ4n) is 3.11. The fraction of sp³-hybridized carbons (Fsp3) is 0.350. The maximum absolute atomic E-state index is 14.1. The van der Waals surface area contributed by atoms with Gasteiger partial charge in [0.25, 0.3) is 5.76 Å². The van der Waals surface area contributed by atoms with E-state index in [0.29, 0.717) is 27.9 Å². The van der Waals surface area contributed by atoms with Crippen LogP contribution in [0.25, 0.3) is 0 Å². The molecule has 0 radical (unpaired) electrons. The first-order valence-electron chi connectivity index (χ1n) is 8.79. The minimum Gasteiger partial charge on any atom is -0.324 e. The van der Waals surface area contributed by atoms with Gasteiger partial charge >= 0.3 is 0 Å². The van der Waals surface area contributed by atoms with Gasteiger partial charge in [0.15, 0.2) is 0 Å². The van der Waals surface area contributed by atoms with Gasteiger partial charge in [-0.3, -0.25) is 9.69 Å². The van der Waals surface area contributed by atoms with Crippen molar-refractivity contribution in [3.8, 4) is 0 Å². The number of halogens is 3. The average molecular weight is 394 g/mol. The Labute approximate surface area is 160 Å². The zero-order chi connectivity index (χ0) is 19.4. The van der Waals surface area contributed by atoms with Gasteiger partial charge in [-0.25, -0.2) is 4.39 Å². The number of alkyl halides is 2. The largest absolute Gasteiger partial charge is 0.324 e. The summed E-state index contributed by atoms with van der Waals surface area (Å²) in [7, 11) is 0. The molecular weight excluding hydrogens is 373 g/mol. The Morgan fingerprint density at radius 2 is 1.85 bits per heavy atom. The molecule has 1 aliphatic rings. The van der Waals surface area contributed by atoms with E-state index in [1.807, 2.05) is 11.8 Å². The van der Waals surface area contributed by atoms with Gasteiger partial charge in [-0.15, -0.1) is 0 Å². The normalized spacial score (nSPS) is 15.2. The van der Waals surface area contributed by atoms with Crippen LogP contribution in [0.15, 0.2) is 53.4 Å². The van der Waals surface area contributed by atoms with Crippen LogP contribution in [-0.4, -0.2) is 29.2 Å². The molecule has 27 heavy (non-hydrogen) atoms. The first-order valence-corrected chi connectivity index (χ1v) is 9.67. The number of anilines is 1. The number of benzene rings is 2. The minimum absolute atomic E-state index is 0.0772. The standard InChI is InChI=1S/C20H21F3N2OS/c1-13(15-6-2-3-7-16(15)21)25(14-10-11-14)12-19(26)24-17-8-4-5-9-18(17)27-20(22)23/h2-9,13-14,20H,10-12H2,1H3,(H,24,26). The van der Waals surface area contributed by atoms with Crippen molar-refractivity contribution in [1.29, 1.82) is 0 Å². The van der Waals surface area contributed by atoms with Gasteiger partial charge in [0.1, 0.15) is 5.82 Å². The van der Waals surface area contributed by atoms with Crippen LogP contribution < -0.4 is 5.32 Å². The summed E-state index contributed by atoms with van der Waals surface area (Å²) >= 11 is 0.398. The predicted molar refractivity (Wildman–Crippen MR) is 101 cm³/mol. The zero-order valence-corrected chi connectivity index (χ0v) is 15.7. The Hall–Kier alpha value is -1.99. The highest BCUT2D eigenvalue weighted by Gasteiger charge is 2.34.